The predicted molar refractivity (Wildman–Crippen MR) is 65.4 cm³/mol. The van der Waals surface area contributed by atoms with Crippen LogP contribution in [0, 0.1) is 6.92 Å². The van der Waals surface area contributed by atoms with Gasteiger partial charge >= 0.3 is 0 Å². The summed E-state index contributed by atoms with van der Waals surface area (Å²) in [6, 6.07) is 2.29. The normalized spacial score (nSPS) is 14.1. The Hall–Kier alpha value is -0.633. The van der Waals surface area contributed by atoms with Crippen molar-refractivity contribution in [3.05, 3.63) is 29.6 Å². The Labute approximate surface area is 88.6 Å². The van der Waals surface area contributed by atoms with Gasteiger partial charge in [-0.1, -0.05) is 39.1 Å². The molecule has 0 N–H and O–H groups in total. The number of aromatic nitrogens is 1. The lowest BCUT2D eigenvalue weighted by atomic mass is 10.1. The van der Waals surface area contributed by atoms with Gasteiger partial charge in [0.1, 0.15) is 0 Å². The van der Waals surface area contributed by atoms with Crippen LogP contribution >= 0.6 is 0 Å². The molecule has 1 atom stereocenters. The van der Waals surface area contributed by atoms with Crippen molar-refractivity contribution in [1.29, 1.82) is 0 Å². The molecule has 0 bridgehead atoms. The van der Waals surface area contributed by atoms with Crippen molar-refractivity contribution in [2.45, 2.75) is 45.5 Å². The van der Waals surface area contributed by atoms with Gasteiger partial charge in [0.25, 0.3) is 0 Å². The van der Waals surface area contributed by atoms with Crippen LogP contribution in [0.15, 0.2) is 18.5 Å². The minimum atomic E-state index is -1.09. The number of hydrogen-bond acceptors (Lipinski definition) is 1. The SMILES string of the molecule is CCC(c1cncc(C)c1)[Si](C)(C)C. The molecule has 1 nitrogen and oxygen atoms in total. The van der Waals surface area contributed by atoms with Gasteiger partial charge < -0.3 is 0 Å². The predicted octanol–water partition coefficient (Wildman–Crippen LogP) is 3.76. The van der Waals surface area contributed by atoms with Gasteiger partial charge in [-0.25, -0.2) is 0 Å². The molecule has 0 aliphatic heterocycles. The Kier molecular flexibility index (Phi) is 3.48. The van der Waals surface area contributed by atoms with Crippen LogP contribution in [0.2, 0.25) is 19.6 Å². The summed E-state index contributed by atoms with van der Waals surface area (Å²) in [6.07, 6.45) is 5.21. The molecule has 0 saturated heterocycles. The highest BCUT2D eigenvalue weighted by Gasteiger charge is 2.26. The smallest absolute Gasteiger partial charge is 0.0522 e. The van der Waals surface area contributed by atoms with Crippen molar-refractivity contribution in [3.63, 3.8) is 0 Å². The molecule has 1 heterocycles. The Bertz CT molecular complexity index is 301. The number of aryl methyl sites for hydroxylation is 1. The molecular weight excluding hydrogens is 186 g/mol. The van der Waals surface area contributed by atoms with E-state index in [0.717, 1.165) is 5.54 Å². The van der Waals surface area contributed by atoms with Crippen molar-refractivity contribution in [1.82, 2.24) is 4.98 Å². The summed E-state index contributed by atoms with van der Waals surface area (Å²) in [5.74, 6) is 0. The summed E-state index contributed by atoms with van der Waals surface area (Å²) in [6.45, 7) is 11.7. The van der Waals surface area contributed by atoms with Crippen LogP contribution in [0.1, 0.15) is 30.0 Å². The summed E-state index contributed by atoms with van der Waals surface area (Å²) < 4.78 is 0. The van der Waals surface area contributed by atoms with E-state index in [1.807, 2.05) is 12.4 Å². The molecule has 1 unspecified atom stereocenters. The van der Waals surface area contributed by atoms with Gasteiger partial charge in [-0.15, -0.1) is 0 Å². The summed E-state index contributed by atoms with van der Waals surface area (Å²) in [7, 11) is -1.09. The molecule has 14 heavy (non-hydrogen) atoms. The number of hydrogen-bond donors (Lipinski definition) is 0. The maximum absolute atomic E-state index is 4.29. The van der Waals surface area contributed by atoms with Gasteiger partial charge in [-0.05, 0) is 23.6 Å². The zero-order chi connectivity index (χ0) is 10.8. The zero-order valence-corrected chi connectivity index (χ0v) is 11.0. The van der Waals surface area contributed by atoms with Gasteiger partial charge in [-0.2, -0.15) is 0 Å². The quantitative estimate of drug-likeness (QED) is 0.688. The van der Waals surface area contributed by atoms with E-state index in [1.165, 1.54) is 17.5 Å². The lowest BCUT2D eigenvalue weighted by Gasteiger charge is -2.28. The monoisotopic (exact) mass is 207 g/mol. The van der Waals surface area contributed by atoms with Crippen molar-refractivity contribution >= 4 is 8.07 Å². The van der Waals surface area contributed by atoms with Crippen LogP contribution < -0.4 is 0 Å². The highest BCUT2D eigenvalue weighted by atomic mass is 28.3. The average molecular weight is 207 g/mol. The molecule has 0 saturated carbocycles. The second-order valence-electron chi connectivity index (χ2n) is 5.12. The van der Waals surface area contributed by atoms with Crippen LogP contribution in [0.4, 0.5) is 0 Å². The molecule has 2 heteroatoms. The molecule has 0 fully saturated rings. The van der Waals surface area contributed by atoms with Crippen molar-refractivity contribution in [3.8, 4) is 0 Å². The molecule has 0 spiro atoms. The first-order valence-corrected chi connectivity index (χ1v) is 8.94. The van der Waals surface area contributed by atoms with Gasteiger partial charge in [0.2, 0.25) is 0 Å². The van der Waals surface area contributed by atoms with Crippen LogP contribution in [0.5, 0.6) is 0 Å². The minimum Gasteiger partial charge on any atom is -0.264 e. The zero-order valence-electron chi connectivity index (χ0n) is 9.96. The highest BCUT2D eigenvalue weighted by molar-refractivity contribution is 6.77. The summed E-state index contributed by atoms with van der Waals surface area (Å²) in [5, 5.41) is 0. The minimum absolute atomic E-state index is 0.745. The Morgan fingerprint density at radius 3 is 2.36 bits per heavy atom. The Morgan fingerprint density at radius 2 is 1.93 bits per heavy atom. The number of rotatable bonds is 3. The fraction of sp³-hybridized carbons (Fsp3) is 0.583. The van der Waals surface area contributed by atoms with Crippen LogP contribution in [-0.2, 0) is 0 Å². The molecule has 0 aliphatic carbocycles. The third kappa shape index (κ3) is 2.68. The third-order valence-corrected chi connectivity index (χ3v) is 5.58. The van der Waals surface area contributed by atoms with Crippen LogP contribution in [0.25, 0.3) is 0 Å². The van der Waals surface area contributed by atoms with Gasteiger partial charge in [0.15, 0.2) is 0 Å². The van der Waals surface area contributed by atoms with E-state index in [1.54, 1.807) is 0 Å². The second-order valence-corrected chi connectivity index (χ2v) is 10.6. The Morgan fingerprint density at radius 1 is 1.29 bits per heavy atom. The van der Waals surface area contributed by atoms with Crippen molar-refractivity contribution < 1.29 is 0 Å². The lowest BCUT2D eigenvalue weighted by Crippen LogP contribution is -2.30. The van der Waals surface area contributed by atoms with Crippen LogP contribution in [-0.4, -0.2) is 13.1 Å². The van der Waals surface area contributed by atoms with E-state index in [4.69, 9.17) is 0 Å². The first-order chi connectivity index (χ1) is 6.45. The first kappa shape index (κ1) is 11.4. The van der Waals surface area contributed by atoms with Crippen molar-refractivity contribution in [2.75, 3.05) is 0 Å². The van der Waals surface area contributed by atoms with E-state index < -0.39 is 8.07 Å². The van der Waals surface area contributed by atoms with Gasteiger partial charge in [0, 0.05) is 12.4 Å². The molecule has 1 aromatic heterocycles. The lowest BCUT2D eigenvalue weighted by molar-refractivity contribution is 0.837. The molecule has 0 aromatic carbocycles. The molecule has 1 rings (SSSR count). The van der Waals surface area contributed by atoms with E-state index in [-0.39, 0.29) is 0 Å². The third-order valence-electron chi connectivity index (χ3n) is 2.75. The first-order valence-electron chi connectivity index (χ1n) is 5.36. The van der Waals surface area contributed by atoms with E-state index in [9.17, 15) is 0 Å². The number of nitrogens with zero attached hydrogens (tertiary/aromatic N) is 1. The largest absolute Gasteiger partial charge is 0.264 e. The van der Waals surface area contributed by atoms with Crippen molar-refractivity contribution in [2.24, 2.45) is 0 Å². The fourth-order valence-corrected chi connectivity index (χ4v) is 4.50. The molecule has 0 radical (unpaired) electrons. The maximum atomic E-state index is 4.29. The number of pyridine rings is 1. The Balaban J connectivity index is 3.01. The molecule has 78 valence electrons. The summed E-state index contributed by atoms with van der Waals surface area (Å²) in [4.78, 5) is 4.29. The molecule has 0 amide bonds. The topological polar surface area (TPSA) is 12.9 Å². The van der Waals surface area contributed by atoms with Gasteiger partial charge in [0.05, 0.1) is 8.07 Å². The second kappa shape index (κ2) is 4.26. The standard InChI is InChI=1S/C12H21NSi/c1-6-12(14(3,4)5)11-7-10(2)8-13-9-11/h7-9,12H,6H2,1-5H3. The summed E-state index contributed by atoms with van der Waals surface area (Å²) in [5.41, 5.74) is 3.46. The van der Waals surface area contributed by atoms with E-state index in [2.05, 4.69) is 44.5 Å². The molecule has 1 aromatic rings. The maximum Gasteiger partial charge on any atom is 0.0522 e. The fourth-order valence-electron chi connectivity index (χ4n) is 2.12. The van der Waals surface area contributed by atoms with E-state index in [0.29, 0.717) is 0 Å². The van der Waals surface area contributed by atoms with Gasteiger partial charge in [-0.3, -0.25) is 4.98 Å². The molecular formula is C12H21NSi. The summed E-state index contributed by atoms with van der Waals surface area (Å²) >= 11 is 0. The van der Waals surface area contributed by atoms with Crippen LogP contribution in [0.3, 0.4) is 0 Å². The highest BCUT2D eigenvalue weighted by Crippen LogP contribution is 2.29. The average Bonchev–Trinajstić information content (AvgIpc) is 2.02. The van der Waals surface area contributed by atoms with E-state index >= 15 is 0 Å². The molecule has 0 aliphatic rings.